The summed E-state index contributed by atoms with van der Waals surface area (Å²) in [6, 6.07) is 6.77. The van der Waals surface area contributed by atoms with Gasteiger partial charge >= 0.3 is 18.2 Å². The second-order valence-corrected chi connectivity index (χ2v) is 6.46. The van der Waals surface area contributed by atoms with E-state index in [2.05, 4.69) is 10.6 Å². The molecule has 25 heavy (non-hydrogen) atoms. The molecule has 1 rings (SSSR count). The highest BCUT2D eigenvalue weighted by atomic mass is 16.6. The van der Waals surface area contributed by atoms with Crippen LogP contribution < -0.4 is 10.6 Å². The number of hydrogen-bond acceptors (Lipinski definition) is 5. The Morgan fingerprint density at radius 2 is 1.68 bits per heavy atom. The molecule has 2 amide bonds. The van der Waals surface area contributed by atoms with Crippen LogP contribution in [0.25, 0.3) is 0 Å². The topological polar surface area (TPSA) is 114 Å². The molecule has 8 nitrogen and oxygen atoms in total. The Balaban J connectivity index is 2.55. The van der Waals surface area contributed by atoms with Gasteiger partial charge in [0.05, 0.1) is 6.04 Å². The lowest BCUT2D eigenvalue weighted by Crippen LogP contribution is -2.55. The Kier molecular flexibility index (Phi) is 7.22. The lowest BCUT2D eigenvalue weighted by molar-refractivity contribution is -0.140. The molecular formula is C17H24N2O6. The number of benzene rings is 1. The summed E-state index contributed by atoms with van der Waals surface area (Å²) in [5, 5.41) is 13.9. The number of carbonyl (C=O) groups excluding carboxylic acids is 2. The Hall–Kier alpha value is -2.77. The number of alkyl carbamates (subject to hydrolysis) is 2. The number of hydrogen-bond donors (Lipinski definition) is 3. The van der Waals surface area contributed by atoms with Gasteiger partial charge in [0.15, 0.2) is 0 Å². The summed E-state index contributed by atoms with van der Waals surface area (Å²) in [5.41, 5.74) is 0.0327. The summed E-state index contributed by atoms with van der Waals surface area (Å²) in [4.78, 5) is 34.9. The molecule has 8 heteroatoms. The van der Waals surface area contributed by atoms with Crippen molar-refractivity contribution >= 4 is 18.2 Å². The van der Waals surface area contributed by atoms with E-state index in [1.165, 1.54) is 6.92 Å². The van der Waals surface area contributed by atoms with Crippen molar-refractivity contribution in [3.05, 3.63) is 35.9 Å². The minimum absolute atomic E-state index is 0.0522. The number of amides is 2. The van der Waals surface area contributed by atoms with Crippen LogP contribution in [0, 0.1) is 0 Å². The molecule has 0 unspecified atom stereocenters. The van der Waals surface area contributed by atoms with Gasteiger partial charge in [-0.3, -0.25) is 0 Å². The zero-order valence-corrected chi connectivity index (χ0v) is 14.7. The van der Waals surface area contributed by atoms with Crippen LogP contribution in [0.4, 0.5) is 9.59 Å². The zero-order chi connectivity index (χ0) is 19.0. The molecule has 0 saturated carbocycles. The van der Waals surface area contributed by atoms with Gasteiger partial charge in [-0.1, -0.05) is 30.3 Å². The number of ether oxygens (including phenoxy) is 2. The van der Waals surface area contributed by atoms with Gasteiger partial charge in [-0.05, 0) is 33.3 Å². The van der Waals surface area contributed by atoms with Crippen LogP contribution in [0.1, 0.15) is 33.3 Å². The molecule has 0 radical (unpaired) electrons. The van der Waals surface area contributed by atoms with E-state index >= 15 is 0 Å². The molecular weight excluding hydrogens is 328 g/mol. The van der Waals surface area contributed by atoms with E-state index in [4.69, 9.17) is 9.47 Å². The molecule has 1 aromatic carbocycles. The Bertz CT molecular complexity index is 597. The van der Waals surface area contributed by atoms with E-state index < -0.39 is 35.8 Å². The standard InChI is InChI=1S/C17H24N2O6/c1-11(13(14(20)21)19-16(23)25-17(2,3)4)18-15(22)24-10-12-8-6-5-7-9-12/h5-9,11,13H,10H2,1-4H3,(H,18,22)(H,19,23)(H,20,21)/t11-,13+/m1/s1. The maximum absolute atomic E-state index is 11.8. The summed E-state index contributed by atoms with van der Waals surface area (Å²) in [6.07, 6.45) is -1.67. The van der Waals surface area contributed by atoms with Gasteiger partial charge in [-0.15, -0.1) is 0 Å². The smallest absolute Gasteiger partial charge is 0.408 e. The molecule has 0 fully saturated rings. The van der Waals surface area contributed by atoms with E-state index in [1.54, 1.807) is 32.9 Å². The third-order valence-electron chi connectivity index (χ3n) is 3.00. The first-order valence-corrected chi connectivity index (χ1v) is 7.78. The van der Waals surface area contributed by atoms with Gasteiger partial charge in [0.1, 0.15) is 18.2 Å². The molecule has 3 N–H and O–H groups in total. The van der Waals surface area contributed by atoms with E-state index in [-0.39, 0.29) is 6.61 Å². The van der Waals surface area contributed by atoms with Gasteiger partial charge < -0.3 is 25.2 Å². The minimum Gasteiger partial charge on any atom is -0.480 e. The third kappa shape index (κ3) is 8.05. The average Bonchev–Trinajstić information content (AvgIpc) is 2.49. The first-order chi connectivity index (χ1) is 11.6. The summed E-state index contributed by atoms with van der Waals surface area (Å²) in [5.74, 6) is -1.30. The number of aliphatic carboxylic acids is 1. The van der Waals surface area contributed by atoms with Gasteiger partial charge in [0.2, 0.25) is 0 Å². The first-order valence-electron chi connectivity index (χ1n) is 7.78. The van der Waals surface area contributed by atoms with Gasteiger partial charge in [0.25, 0.3) is 0 Å². The molecule has 0 bridgehead atoms. The van der Waals surface area contributed by atoms with Gasteiger partial charge in [0, 0.05) is 0 Å². The predicted molar refractivity (Wildman–Crippen MR) is 90.0 cm³/mol. The number of carboxylic acid groups (broad SMARTS) is 1. The van der Waals surface area contributed by atoms with Gasteiger partial charge in [-0.2, -0.15) is 0 Å². The fourth-order valence-corrected chi connectivity index (χ4v) is 1.87. The van der Waals surface area contributed by atoms with E-state index in [0.29, 0.717) is 0 Å². The molecule has 0 spiro atoms. The minimum atomic E-state index is -1.36. The zero-order valence-electron chi connectivity index (χ0n) is 14.7. The highest BCUT2D eigenvalue weighted by molar-refractivity contribution is 5.81. The van der Waals surface area contributed by atoms with E-state index in [0.717, 1.165) is 5.56 Å². The van der Waals surface area contributed by atoms with Crippen molar-refractivity contribution in [3.8, 4) is 0 Å². The fourth-order valence-electron chi connectivity index (χ4n) is 1.87. The van der Waals surface area contributed by atoms with Crippen LogP contribution in [0.2, 0.25) is 0 Å². The second-order valence-electron chi connectivity index (χ2n) is 6.46. The molecule has 0 aliphatic heterocycles. The maximum Gasteiger partial charge on any atom is 0.408 e. The van der Waals surface area contributed by atoms with Crippen molar-refractivity contribution in [2.24, 2.45) is 0 Å². The number of carbonyl (C=O) groups is 3. The largest absolute Gasteiger partial charge is 0.480 e. The molecule has 0 aromatic heterocycles. The highest BCUT2D eigenvalue weighted by Gasteiger charge is 2.30. The number of carboxylic acids is 1. The summed E-state index contributed by atoms with van der Waals surface area (Å²) in [7, 11) is 0. The SMILES string of the molecule is C[C@@H](NC(=O)OCc1ccccc1)[C@H](NC(=O)OC(C)(C)C)C(=O)O. The van der Waals surface area contributed by atoms with Crippen LogP contribution in [0.15, 0.2) is 30.3 Å². The van der Waals surface area contributed by atoms with Crippen molar-refractivity contribution in [2.45, 2.75) is 52.0 Å². The van der Waals surface area contributed by atoms with Crippen LogP contribution >= 0.6 is 0 Å². The molecule has 0 aliphatic rings. The van der Waals surface area contributed by atoms with E-state index in [1.807, 2.05) is 18.2 Å². The second kappa shape index (κ2) is 8.91. The highest BCUT2D eigenvalue weighted by Crippen LogP contribution is 2.07. The number of nitrogens with one attached hydrogen (secondary N) is 2. The summed E-state index contributed by atoms with van der Waals surface area (Å²) in [6.45, 7) is 6.47. The Morgan fingerprint density at radius 3 is 2.20 bits per heavy atom. The van der Waals surface area contributed by atoms with Crippen LogP contribution in [-0.2, 0) is 20.9 Å². The fraction of sp³-hybridized carbons (Fsp3) is 0.471. The molecule has 0 saturated heterocycles. The quantitative estimate of drug-likeness (QED) is 0.724. The van der Waals surface area contributed by atoms with E-state index in [9.17, 15) is 19.5 Å². The molecule has 1 aromatic rings. The monoisotopic (exact) mass is 352 g/mol. The summed E-state index contributed by atoms with van der Waals surface area (Å²) < 4.78 is 10.0. The van der Waals surface area contributed by atoms with Crippen LogP contribution in [0.5, 0.6) is 0 Å². The molecule has 0 heterocycles. The average molecular weight is 352 g/mol. The number of rotatable bonds is 6. The lowest BCUT2D eigenvalue weighted by Gasteiger charge is -2.25. The first kappa shape index (κ1) is 20.3. The summed E-state index contributed by atoms with van der Waals surface area (Å²) >= 11 is 0. The third-order valence-corrected chi connectivity index (χ3v) is 3.00. The molecule has 138 valence electrons. The normalized spacial score (nSPS) is 13.3. The predicted octanol–water partition coefficient (Wildman–Crippen LogP) is 2.28. The maximum atomic E-state index is 11.8. The Labute approximate surface area is 146 Å². The van der Waals surface area contributed by atoms with Crippen LogP contribution in [-0.4, -0.2) is 40.9 Å². The van der Waals surface area contributed by atoms with Crippen molar-refractivity contribution in [1.82, 2.24) is 10.6 Å². The van der Waals surface area contributed by atoms with Crippen molar-refractivity contribution in [3.63, 3.8) is 0 Å². The van der Waals surface area contributed by atoms with Crippen molar-refractivity contribution in [2.75, 3.05) is 0 Å². The lowest BCUT2D eigenvalue weighted by atomic mass is 10.1. The molecule has 2 atom stereocenters. The Morgan fingerprint density at radius 1 is 1.08 bits per heavy atom. The molecule has 0 aliphatic carbocycles. The van der Waals surface area contributed by atoms with Crippen LogP contribution in [0.3, 0.4) is 0 Å². The van der Waals surface area contributed by atoms with Gasteiger partial charge in [-0.25, -0.2) is 14.4 Å². The van der Waals surface area contributed by atoms with Crippen molar-refractivity contribution in [1.29, 1.82) is 0 Å². The van der Waals surface area contributed by atoms with Crippen molar-refractivity contribution < 1.29 is 29.0 Å².